The van der Waals surface area contributed by atoms with Crippen molar-refractivity contribution < 1.29 is 13.9 Å². The largest absolute Gasteiger partial charge is 0.493 e. The molecule has 0 spiro atoms. The van der Waals surface area contributed by atoms with Crippen LogP contribution >= 0.6 is 0 Å². The smallest absolute Gasteiger partial charge is 0.226 e. The van der Waals surface area contributed by atoms with Crippen LogP contribution in [0.15, 0.2) is 48.5 Å². The predicted molar refractivity (Wildman–Crippen MR) is 91.4 cm³/mol. The Labute approximate surface area is 142 Å². The van der Waals surface area contributed by atoms with Crippen LogP contribution in [-0.2, 0) is 4.79 Å². The van der Waals surface area contributed by atoms with Crippen LogP contribution in [-0.4, -0.2) is 24.0 Å². The molecule has 1 atom stereocenters. The van der Waals surface area contributed by atoms with Crippen molar-refractivity contribution >= 4 is 5.91 Å². The number of amides is 1. The average molecular weight is 327 g/mol. The minimum atomic E-state index is -0.295. The third-order valence-corrected chi connectivity index (χ3v) is 4.43. The van der Waals surface area contributed by atoms with Crippen molar-refractivity contribution in [3.8, 4) is 5.75 Å². The number of carbonyl (C=O) groups is 1. The number of ether oxygens (including phenoxy) is 1. The molecule has 1 unspecified atom stereocenters. The first kappa shape index (κ1) is 16.5. The fourth-order valence-electron chi connectivity index (χ4n) is 3.13. The molecule has 24 heavy (non-hydrogen) atoms. The highest BCUT2D eigenvalue weighted by molar-refractivity contribution is 5.77. The van der Waals surface area contributed by atoms with E-state index in [0.717, 1.165) is 19.4 Å². The Balaban J connectivity index is 1.55. The van der Waals surface area contributed by atoms with Crippen LogP contribution in [0.5, 0.6) is 5.75 Å². The van der Waals surface area contributed by atoms with Gasteiger partial charge in [0.1, 0.15) is 11.6 Å². The van der Waals surface area contributed by atoms with E-state index in [-0.39, 0.29) is 17.8 Å². The Hall–Kier alpha value is -2.36. The van der Waals surface area contributed by atoms with Crippen LogP contribution in [0.1, 0.15) is 36.4 Å². The second-order valence-electron chi connectivity index (χ2n) is 6.21. The fraction of sp³-hybridized carbons (Fsp3) is 0.350. The maximum Gasteiger partial charge on any atom is 0.226 e. The van der Waals surface area contributed by atoms with E-state index in [1.54, 1.807) is 12.1 Å². The van der Waals surface area contributed by atoms with Crippen LogP contribution in [0.4, 0.5) is 4.39 Å². The number of carbonyl (C=O) groups excluding carboxylic acids is 1. The lowest BCUT2D eigenvalue weighted by Gasteiger charge is -2.25. The molecule has 0 N–H and O–H groups in total. The molecule has 1 saturated heterocycles. The normalized spacial score (nSPS) is 17.1. The van der Waals surface area contributed by atoms with Crippen LogP contribution in [0, 0.1) is 12.7 Å². The van der Waals surface area contributed by atoms with Gasteiger partial charge in [0, 0.05) is 6.54 Å². The minimum absolute atomic E-state index is 0.111. The average Bonchev–Trinajstić information content (AvgIpc) is 3.07. The van der Waals surface area contributed by atoms with E-state index < -0.39 is 0 Å². The van der Waals surface area contributed by atoms with Crippen LogP contribution in [0.3, 0.4) is 0 Å². The molecule has 2 aromatic rings. The number of aryl methyl sites for hydroxylation is 1. The summed E-state index contributed by atoms with van der Waals surface area (Å²) in [6.07, 6.45) is 2.37. The highest BCUT2D eigenvalue weighted by atomic mass is 19.1. The SMILES string of the molecule is Cc1ccc(C2CCCN2C(=O)CCOc2ccc(F)cc2)cc1. The molecule has 0 bridgehead atoms. The van der Waals surface area contributed by atoms with Crippen LogP contribution < -0.4 is 4.74 Å². The Morgan fingerprint density at radius 2 is 1.88 bits per heavy atom. The summed E-state index contributed by atoms with van der Waals surface area (Å²) in [6.45, 7) is 3.17. The van der Waals surface area contributed by atoms with E-state index in [1.165, 1.54) is 23.3 Å². The van der Waals surface area contributed by atoms with E-state index in [2.05, 4.69) is 31.2 Å². The highest BCUT2D eigenvalue weighted by Gasteiger charge is 2.29. The first-order valence-electron chi connectivity index (χ1n) is 8.38. The molecule has 4 heteroatoms. The lowest BCUT2D eigenvalue weighted by molar-refractivity contribution is -0.132. The van der Waals surface area contributed by atoms with Gasteiger partial charge in [-0.15, -0.1) is 0 Å². The monoisotopic (exact) mass is 327 g/mol. The van der Waals surface area contributed by atoms with Crippen LogP contribution in [0.2, 0.25) is 0 Å². The van der Waals surface area contributed by atoms with E-state index in [9.17, 15) is 9.18 Å². The lowest BCUT2D eigenvalue weighted by atomic mass is 10.0. The molecule has 2 aromatic carbocycles. The van der Waals surface area contributed by atoms with Gasteiger partial charge in [-0.25, -0.2) is 4.39 Å². The lowest BCUT2D eigenvalue weighted by Crippen LogP contribution is -2.31. The quantitative estimate of drug-likeness (QED) is 0.821. The van der Waals surface area contributed by atoms with Gasteiger partial charge in [0.15, 0.2) is 0 Å². The summed E-state index contributed by atoms with van der Waals surface area (Å²) in [6, 6.07) is 14.4. The third-order valence-electron chi connectivity index (χ3n) is 4.43. The molecule has 0 aromatic heterocycles. The van der Waals surface area contributed by atoms with Gasteiger partial charge in [-0.1, -0.05) is 29.8 Å². The summed E-state index contributed by atoms with van der Waals surface area (Å²) in [7, 11) is 0. The van der Waals surface area contributed by atoms with Gasteiger partial charge >= 0.3 is 0 Å². The van der Waals surface area contributed by atoms with E-state index in [4.69, 9.17) is 4.74 Å². The summed E-state index contributed by atoms with van der Waals surface area (Å²) in [5.74, 6) is 0.400. The minimum Gasteiger partial charge on any atom is -0.493 e. The molecule has 1 aliphatic heterocycles. The standard InChI is InChI=1S/C20H22FNO2/c1-15-4-6-16(7-5-15)19-3-2-13-22(19)20(23)12-14-24-18-10-8-17(21)9-11-18/h4-11,19H,2-3,12-14H2,1H3. The van der Waals surface area contributed by atoms with E-state index in [0.29, 0.717) is 18.8 Å². The molecule has 1 fully saturated rings. The van der Waals surface area contributed by atoms with Gasteiger partial charge in [0.25, 0.3) is 0 Å². The van der Waals surface area contributed by atoms with Gasteiger partial charge in [-0.3, -0.25) is 4.79 Å². The number of halogens is 1. The Bertz CT molecular complexity index is 682. The van der Waals surface area contributed by atoms with Gasteiger partial charge < -0.3 is 9.64 Å². The van der Waals surface area contributed by atoms with Crippen molar-refractivity contribution in [3.63, 3.8) is 0 Å². The summed E-state index contributed by atoms with van der Waals surface area (Å²) in [5, 5.41) is 0. The molecule has 0 aliphatic carbocycles. The maximum absolute atomic E-state index is 12.9. The number of hydrogen-bond acceptors (Lipinski definition) is 2. The Morgan fingerprint density at radius 1 is 1.17 bits per heavy atom. The summed E-state index contributed by atoms with van der Waals surface area (Å²) in [4.78, 5) is 14.5. The second-order valence-corrected chi connectivity index (χ2v) is 6.21. The van der Waals surface area contributed by atoms with E-state index in [1.807, 2.05) is 4.90 Å². The topological polar surface area (TPSA) is 29.5 Å². The number of benzene rings is 2. The zero-order valence-corrected chi connectivity index (χ0v) is 13.9. The Morgan fingerprint density at radius 3 is 2.58 bits per heavy atom. The van der Waals surface area contributed by atoms with Gasteiger partial charge in [0.2, 0.25) is 5.91 Å². The summed E-state index contributed by atoms with van der Waals surface area (Å²) in [5.41, 5.74) is 2.42. The van der Waals surface area contributed by atoms with Crippen molar-refractivity contribution in [1.82, 2.24) is 4.90 Å². The molecule has 3 nitrogen and oxygen atoms in total. The molecule has 126 valence electrons. The van der Waals surface area contributed by atoms with E-state index >= 15 is 0 Å². The zero-order chi connectivity index (χ0) is 16.9. The molecule has 0 saturated carbocycles. The van der Waals surface area contributed by atoms with Crippen molar-refractivity contribution in [1.29, 1.82) is 0 Å². The molecular weight excluding hydrogens is 305 g/mol. The van der Waals surface area contributed by atoms with Gasteiger partial charge in [-0.2, -0.15) is 0 Å². The van der Waals surface area contributed by atoms with Crippen molar-refractivity contribution in [3.05, 3.63) is 65.5 Å². The molecule has 0 radical (unpaired) electrons. The molecule has 3 rings (SSSR count). The number of nitrogens with zero attached hydrogens (tertiary/aromatic N) is 1. The number of hydrogen-bond donors (Lipinski definition) is 0. The van der Waals surface area contributed by atoms with Gasteiger partial charge in [-0.05, 0) is 49.6 Å². The molecule has 1 amide bonds. The van der Waals surface area contributed by atoms with Crippen molar-refractivity contribution in [2.75, 3.05) is 13.2 Å². The summed E-state index contributed by atoms with van der Waals surface area (Å²) < 4.78 is 18.4. The van der Waals surface area contributed by atoms with Crippen molar-refractivity contribution in [2.24, 2.45) is 0 Å². The highest BCUT2D eigenvalue weighted by Crippen LogP contribution is 2.32. The molecular formula is C20H22FNO2. The first-order valence-corrected chi connectivity index (χ1v) is 8.38. The predicted octanol–water partition coefficient (Wildman–Crippen LogP) is 4.27. The number of rotatable bonds is 5. The zero-order valence-electron chi connectivity index (χ0n) is 13.9. The third kappa shape index (κ3) is 3.94. The Kier molecular flexibility index (Phi) is 5.14. The molecule has 1 aliphatic rings. The fourth-order valence-corrected chi connectivity index (χ4v) is 3.13. The van der Waals surface area contributed by atoms with Crippen molar-refractivity contribution in [2.45, 2.75) is 32.2 Å². The maximum atomic E-state index is 12.9. The second kappa shape index (κ2) is 7.47. The molecule has 1 heterocycles. The van der Waals surface area contributed by atoms with Crippen LogP contribution in [0.25, 0.3) is 0 Å². The first-order chi connectivity index (χ1) is 11.6. The summed E-state index contributed by atoms with van der Waals surface area (Å²) >= 11 is 0. The number of likely N-dealkylation sites (tertiary alicyclic amines) is 1. The van der Waals surface area contributed by atoms with Gasteiger partial charge in [0.05, 0.1) is 19.1 Å².